The van der Waals surface area contributed by atoms with Gasteiger partial charge in [-0.3, -0.25) is 9.59 Å². The van der Waals surface area contributed by atoms with Crippen LogP contribution in [0.15, 0.2) is 128 Å². The van der Waals surface area contributed by atoms with Crippen molar-refractivity contribution in [2.75, 3.05) is 26.4 Å². The summed E-state index contributed by atoms with van der Waals surface area (Å²) in [6.07, 6.45) is 1.88. The van der Waals surface area contributed by atoms with Gasteiger partial charge in [0.2, 0.25) is 11.8 Å². The second-order valence-corrected chi connectivity index (χ2v) is 14.4. The Bertz CT molecular complexity index is 2420. The molecule has 0 bridgehead atoms. The molecule has 0 fully saturated rings. The zero-order valence-electron chi connectivity index (χ0n) is 35.6. The molecular weight excluding hydrogens is 789 g/mol. The minimum atomic E-state index is -0.763. The number of oxazole rings is 2. The maximum atomic E-state index is 13.1. The topological polar surface area (TPSA) is 157 Å². The number of nitrogens with zero attached hydrogens (tertiary/aromatic N) is 4. The fourth-order valence-electron chi connectivity index (χ4n) is 6.39. The summed E-state index contributed by atoms with van der Waals surface area (Å²) in [7, 11) is 0. The van der Waals surface area contributed by atoms with Gasteiger partial charge in [0.25, 0.3) is 0 Å². The molecule has 62 heavy (non-hydrogen) atoms. The molecule has 322 valence electrons. The molecule has 6 rings (SSSR count). The Kier molecular flexibility index (Phi) is 16.6. The van der Waals surface area contributed by atoms with E-state index in [0.717, 1.165) is 51.6 Å². The summed E-state index contributed by atoms with van der Waals surface area (Å²) < 4.78 is 29.2. The average molecular weight is 841 g/mol. The van der Waals surface area contributed by atoms with Gasteiger partial charge in [-0.25, -0.2) is 9.97 Å². The highest BCUT2D eigenvalue weighted by Gasteiger charge is 2.19. The van der Waals surface area contributed by atoms with Gasteiger partial charge in [-0.15, -0.1) is 0 Å². The molecule has 0 aliphatic heterocycles. The molecule has 0 radical (unpaired) electrons. The molecule has 6 aromatic rings. The molecule has 0 saturated heterocycles. The molecule has 4 aromatic carbocycles. The van der Waals surface area contributed by atoms with Crippen LogP contribution < -0.4 is 9.47 Å². The number of ether oxygens (including phenoxy) is 3. The minimum Gasteiger partial charge on any atom is -0.493 e. The average Bonchev–Trinajstić information content (AvgIpc) is 3.84. The number of hydrogen-bond acceptors (Lipinski definition) is 13. The van der Waals surface area contributed by atoms with E-state index >= 15 is 0 Å². The van der Waals surface area contributed by atoms with E-state index in [2.05, 4.69) is 20.3 Å². The summed E-state index contributed by atoms with van der Waals surface area (Å²) in [5, 5.41) is 8.39. The minimum absolute atomic E-state index is 0.255. The summed E-state index contributed by atoms with van der Waals surface area (Å²) in [5.74, 6) is 2.42. The number of benzene rings is 4. The van der Waals surface area contributed by atoms with Crippen LogP contribution in [-0.2, 0) is 49.7 Å². The quantitative estimate of drug-likeness (QED) is 0.0199. The van der Waals surface area contributed by atoms with Crippen molar-refractivity contribution >= 4 is 23.4 Å². The lowest BCUT2D eigenvalue weighted by molar-refractivity contribution is -0.157. The second-order valence-electron chi connectivity index (χ2n) is 14.4. The molecule has 13 heteroatoms. The molecule has 2 aromatic heterocycles. The number of esters is 2. The summed E-state index contributed by atoms with van der Waals surface area (Å²) >= 11 is 0. The highest BCUT2D eigenvalue weighted by atomic mass is 16.6. The van der Waals surface area contributed by atoms with Crippen molar-refractivity contribution in [3.05, 3.63) is 143 Å². The van der Waals surface area contributed by atoms with Crippen LogP contribution in [0.5, 0.6) is 11.5 Å². The normalized spacial score (nSPS) is 11.6. The van der Waals surface area contributed by atoms with Gasteiger partial charge >= 0.3 is 11.9 Å². The van der Waals surface area contributed by atoms with Gasteiger partial charge in [0, 0.05) is 36.8 Å². The molecule has 0 amide bonds. The fourth-order valence-corrected chi connectivity index (χ4v) is 6.39. The van der Waals surface area contributed by atoms with E-state index in [4.69, 9.17) is 32.7 Å². The van der Waals surface area contributed by atoms with Crippen LogP contribution >= 0.6 is 0 Å². The third-order valence-corrected chi connectivity index (χ3v) is 9.39. The van der Waals surface area contributed by atoms with Gasteiger partial charge in [-0.05, 0) is 86.8 Å². The van der Waals surface area contributed by atoms with Crippen molar-refractivity contribution in [3.8, 4) is 34.4 Å². The molecule has 0 unspecified atom stereocenters. The molecule has 0 atom stereocenters. The maximum Gasteiger partial charge on any atom is 0.319 e. The van der Waals surface area contributed by atoms with E-state index in [0.29, 0.717) is 74.0 Å². The molecule has 0 aliphatic carbocycles. The van der Waals surface area contributed by atoms with Crippen LogP contribution in [0, 0.1) is 13.8 Å². The van der Waals surface area contributed by atoms with Gasteiger partial charge in [0.15, 0.2) is 0 Å². The number of oxime groups is 2. The van der Waals surface area contributed by atoms with Crippen LogP contribution in [-0.4, -0.2) is 59.8 Å². The van der Waals surface area contributed by atoms with Crippen molar-refractivity contribution in [1.82, 2.24) is 9.97 Å². The summed E-state index contributed by atoms with van der Waals surface area (Å²) in [6, 6.07) is 34.5. The molecule has 0 spiro atoms. The number of aromatic nitrogens is 2. The molecule has 2 heterocycles. The fraction of sp³-hybridized carbons (Fsp3) is 0.306. The Morgan fingerprint density at radius 1 is 0.581 bits per heavy atom. The smallest absolute Gasteiger partial charge is 0.319 e. The largest absolute Gasteiger partial charge is 0.493 e. The van der Waals surface area contributed by atoms with E-state index in [-0.39, 0.29) is 25.7 Å². The first kappa shape index (κ1) is 44.5. The van der Waals surface area contributed by atoms with E-state index in [1.807, 2.05) is 130 Å². The first-order valence-electron chi connectivity index (χ1n) is 20.8. The maximum absolute atomic E-state index is 13.1. The zero-order chi connectivity index (χ0) is 43.5. The lowest BCUT2D eigenvalue weighted by Crippen LogP contribution is -2.20. The van der Waals surface area contributed by atoms with E-state index in [1.165, 1.54) is 0 Å². The first-order chi connectivity index (χ1) is 30.3. The number of carbonyl (C=O) groups is 2. The van der Waals surface area contributed by atoms with E-state index < -0.39 is 11.9 Å². The summed E-state index contributed by atoms with van der Waals surface area (Å²) in [6.45, 7) is 8.97. The number of hydrogen-bond donors (Lipinski definition) is 0. The summed E-state index contributed by atoms with van der Waals surface area (Å²) in [5.41, 5.74) is 5.95. The van der Waals surface area contributed by atoms with Crippen molar-refractivity contribution in [1.29, 1.82) is 0 Å². The van der Waals surface area contributed by atoms with Crippen molar-refractivity contribution < 1.29 is 42.3 Å². The monoisotopic (exact) mass is 840 g/mol. The Morgan fingerprint density at radius 3 is 1.50 bits per heavy atom. The van der Waals surface area contributed by atoms with E-state index in [9.17, 15) is 9.59 Å². The standard InChI is InChI=1S/C49H52N4O9/c1-5-25-59-53-41(29-37-16-14-22-43(31-37)57-27-24-45-35(4)61-49(51-45)39-19-11-8-12-20-39)33-47(55)62-46(54)32-40(52-58-6-2)28-36-15-13-21-42(30-36)56-26-23-44-34(3)60-48(50-44)38-17-9-7-10-18-38/h7-22,30-31H,5-6,23-29,32-33H2,1-4H3. The first-order valence-corrected chi connectivity index (χ1v) is 20.8. The van der Waals surface area contributed by atoms with Gasteiger partial charge in [0.05, 0.1) is 48.9 Å². The Labute approximate surface area is 361 Å². The van der Waals surface area contributed by atoms with Gasteiger partial charge in [0.1, 0.15) is 36.2 Å². The lowest BCUT2D eigenvalue weighted by Gasteiger charge is -2.11. The van der Waals surface area contributed by atoms with Gasteiger partial charge in [-0.2, -0.15) is 0 Å². The van der Waals surface area contributed by atoms with Gasteiger partial charge < -0.3 is 32.7 Å². The van der Waals surface area contributed by atoms with Crippen LogP contribution in [0.4, 0.5) is 0 Å². The molecule has 0 saturated carbocycles. The number of carbonyl (C=O) groups excluding carboxylic acids is 2. The zero-order valence-corrected chi connectivity index (χ0v) is 35.6. The molecule has 13 nitrogen and oxygen atoms in total. The van der Waals surface area contributed by atoms with Crippen molar-refractivity contribution in [2.45, 2.75) is 72.6 Å². The van der Waals surface area contributed by atoms with Crippen molar-refractivity contribution in [2.24, 2.45) is 10.3 Å². The van der Waals surface area contributed by atoms with Crippen LogP contribution in [0.25, 0.3) is 22.9 Å². The van der Waals surface area contributed by atoms with Crippen LogP contribution in [0.3, 0.4) is 0 Å². The highest BCUT2D eigenvalue weighted by molar-refractivity contribution is 6.06. The SMILES string of the molecule is CCCON=C(CC(=O)OC(=O)CC(Cc1cccc(OCCc2nc(-c3ccccc3)oc2C)c1)=NOCC)Cc1cccc(OCCc2nc(-c3ccccc3)oc2C)c1. The van der Waals surface area contributed by atoms with Crippen LogP contribution in [0.1, 0.15) is 67.1 Å². The Hall–Kier alpha value is -7.02. The molecule has 0 aliphatic rings. The number of rotatable bonds is 23. The molecular formula is C49H52N4O9. The second kappa shape index (κ2) is 23.1. The Balaban J connectivity index is 0.994. The van der Waals surface area contributed by atoms with Gasteiger partial charge in [-0.1, -0.05) is 77.9 Å². The highest BCUT2D eigenvalue weighted by Crippen LogP contribution is 2.24. The third kappa shape index (κ3) is 13.8. The molecule has 0 N–H and O–H groups in total. The predicted molar refractivity (Wildman–Crippen MR) is 235 cm³/mol. The lowest BCUT2D eigenvalue weighted by atomic mass is 10.1. The predicted octanol–water partition coefficient (Wildman–Crippen LogP) is 9.67. The number of aryl methyl sites for hydroxylation is 2. The van der Waals surface area contributed by atoms with Crippen LogP contribution in [0.2, 0.25) is 0 Å². The van der Waals surface area contributed by atoms with E-state index in [1.54, 1.807) is 6.92 Å². The third-order valence-electron chi connectivity index (χ3n) is 9.39. The summed E-state index contributed by atoms with van der Waals surface area (Å²) in [4.78, 5) is 46.3. The van der Waals surface area contributed by atoms with Crippen molar-refractivity contribution in [3.63, 3.8) is 0 Å². The Morgan fingerprint density at radius 2 is 1.05 bits per heavy atom.